The molecule has 3 rings (SSSR count). The van der Waals surface area contributed by atoms with Crippen LogP contribution in [0.15, 0.2) is 36.7 Å². The fourth-order valence-corrected chi connectivity index (χ4v) is 2.88. The lowest BCUT2D eigenvalue weighted by Gasteiger charge is -2.19. The van der Waals surface area contributed by atoms with Crippen molar-refractivity contribution in [2.75, 3.05) is 0 Å². The number of thiazole rings is 1. The van der Waals surface area contributed by atoms with Crippen molar-refractivity contribution in [3.05, 3.63) is 36.7 Å². The molecule has 0 aliphatic carbocycles. The smallest absolute Gasteiger partial charge is 0.419 e. The van der Waals surface area contributed by atoms with E-state index in [2.05, 4.69) is 9.97 Å². The number of pyridine rings is 1. The first-order valence-electron chi connectivity index (χ1n) is 6.57. The molecule has 21 heavy (non-hydrogen) atoms. The molecule has 0 aliphatic rings. The molecular weight excluding hydrogens is 286 g/mol. The van der Waals surface area contributed by atoms with Crippen molar-refractivity contribution in [3.63, 3.8) is 0 Å². The maximum absolute atomic E-state index is 12.2. The van der Waals surface area contributed by atoms with Crippen LogP contribution in [-0.4, -0.2) is 26.2 Å². The average molecular weight is 301 g/mol. The van der Waals surface area contributed by atoms with Crippen LogP contribution in [-0.2, 0) is 4.74 Å². The van der Waals surface area contributed by atoms with Crippen LogP contribution in [0.1, 0.15) is 20.8 Å². The number of hydrogen-bond donors (Lipinski definition) is 0. The van der Waals surface area contributed by atoms with Gasteiger partial charge in [-0.3, -0.25) is 4.98 Å². The van der Waals surface area contributed by atoms with Crippen molar-refractivity contribution in [2.24, 2.45) is 0 Å². The number of hydrogen-bond acceptors (Lipinski definition) is 5. The summed E-state index contributed by atoms with van der Waals surface area (Å²) in [5, 5.41) is 0.790. The predicted octanol–water partition coefficient (Wildman–Crippen LogP) is 3.94. The molecule has 0 amide bonds. The van der Waals surface area contributed by atoms with Gasteiger partial charge in [-0.05, 0) is 39.0 Å². The van der Waals surface area contributed by atoms with Crippen LogP contribution in [0.3, 0.4) is 0 Å². The molecule has 0 fully saturated rings. The van der Waals surface area contributed by atoms with E-state index < -0.39 is 11.7 Å². The van der Waals surface area contributed by atoms with Gasteiger partial charge in [-0.2, -0.15) is 0 Å². The second kappa shape index (κ2) is 4.96. The van der Waals surface area contributed by atoms with Crippen molar-refractivity contribution in [1.82, 2.24) is 14.5 Å². The number of carbonyl (C=O) groups excluding carboxylic acids is 1. The monoisotopic (exact) mass is 301 g/mol. The summed E-state index contributed by atoms with van der Waals surface area (Å²) in [6.07, 6.45) is 3.02. The molecule has 0 radical (unpaired) electrons. The minimum absolute atomic E-state index is 0.395. The van der Waals surface area contributed by atoms with Gasteiger partial charge in [0.2, 0.25) is 0 Å². The highest BCUT2D eigenvalue weighted by Gasteiger charge is 2.20. The topological polar surface area (TPSA) is 57.0 Å². The summed E-state index contributed by atoms with van der Waals surface area (Å²) in [5.74, 6) is 0. The molecule has 0 N–H and O–H groups in total. The Balaban J connectivity index is 1.99. The first-order valence-corrected chi connectivity index (χ1v) is 7.38. The van der Waals surface area contributed by atoms with Gasteiger partial charge < -0.3 is 4.74 Å². The summed E-state index contributed by atoms with van der Waals surface area (Å²) in [6, 6.07) is 7.48. The van der Waals surface area contributed by atoms with Crippen LogP contribution in [0.2, 0.25) is 0 Å². The summed E-state index contributed by atoms with van der Waals surface area (Å²) < 4.78 is 6.88. The van der Waals surface area contributed by atoms with E-state index >= 15 is 0 Å². The second-order valence-corrected chi connectivity index (χ2v) is 6.57. The van der Waals surface area contributed by atoms with Gasteiger partial charge in [-0.15, -0.1) is 0 Å². The van der Waals surface area contributed by atoms with Crippen molar-refractivity contribution in [1.29, 1.82) is 0 Å². The summed E-state index contributed by atoms with van der Waals surface area (Å²) >= 11 is 1.43. The third kappa shape index (κ3) is 2.80. The lowest BCUT2D eigenvalue weighted by atomic mass is 10.2. The Morgan fingerprint density at radius 3 is 2.76 bits per heavy atom. The van der Waals surface area contributed by atoms with Crippen LogP contribution in [0.5, 0.6) is 0 Å². The van der Waals surface area contributed by atoms with Crippen LogP contribution in [0.4, 0.5) is 4.79 Å². The van der Waals surface area contributed by atoms with Gasteiger partial charge in [0, 0.05) is 12.4 Å². The van der Waals surface area contributed by atoms with E-state index in [4.69, 9.17) is 4.74 Å². The zero-order valence-corrected chi connectivity index (χ0v) is 12.8. The van der Waals surface area contributed by atoms with E-state index in [9.17, 15) is 4.79 Å². The molecule has 0 bridgehead atoms. The van der Waals surface area contributed by atoms with E-state index in [0.29, 0.717) is 0 Å². The SMILES string of the molecule is CC(C)(C)OC(=O)n1ccc2nc(-c3ccccn3)sc21. The molecule has 5 nitrogen and oxygen atoms in total. The lowest BCUT2D eigenvalue weighted by Crippen LogP contribution is -2.26. The molecular formula is C15H15N3O2S. The van der Waals surface area contributed by atoms with Gasteiger partial charge in [0.05, 0.1) is 5.69 Å². The Bertz CT molecular complexity index is 784. The molecule has 0 aliphatic heterocycles. The molecule has 0 unspecified atom stereocenters. The predicted molar refractivity (Wildman–Crippen MR) is 82.5 cm³/mol. The second-order valence-electron chi connectivity index (χ2n) is 5.59. The summed E-state index contributed by atoms with van der Waals surface area (Å²) in [4.78, 5) is 21.7. The largest absolute Gasteiger partial charge is 0.443 e. The standard InChI is InChI=1S/C15H15N3O2S/c1-15(2,3)20-14(19)18-9-7-11-13(18)21-12(17-11)10-6-4-5-8-16-10/h4-9H,1-3H3. The van der Waals surface area contributed by atoms with Crippen molar-refractivity contribution >= 4 is 27.8 Å². The number of rotatable bonds is 1. The van der Waals surface area contributed by atoms with Crippen molar-refractivity contribution in [3.8, 4) is 10.7 Å². The highest BCUT2D eigenvalue weighted by Crippen LogP contribution is 2.30. The van der Waals surface area contributed by atoms with Gasteiger partial charge in [0.25, 0.3) is 0 Å². The summed E-state index contributed by atoms with van der Waals surface area (Å²) in [6.45, 7) is 5.53. The normalized spacial score (nSPS) is 11.8. The molecule has 108 valence electrons. The van der Waals surface area contributed by atoms with Crippen LogP contribution >= 0.6 is 11.3 Å². The summed E-state index contributed by atoms with van der Waals surface area (Å²) in [7, 11) is 0. The van der Waals surface area contributed by atoms with Gasteiger partial charge >= 0.3 is 6.09 Å². The Morgan fingerprint density at radius 2 is 2.10 bits per heavy atom. The molecule has 0 atom stereocenters. The van der Waals surface area contributed by atoms with E-state index in [1.54, 1.807) is 12.4 Å². The maximum Gasteiger partial charge on any atom is 0.419 e. The molecule has 6 heteroatoms. The zero-order chi connectivity index (χ0) is 15.0. The molecule has 0 spiro atoms. The highest BCUT2D eigenvalue weighted by molar-refractivity contribution is 7.21. The molecule has 3 aromatic rings. The fraction of sp³-hybridized carbons (Fsp3) is 0.267. The molecule has 0 saturated carbocycles. The zero-order valence-electron chi connectivity index (χ0n) is 12.0. The Hall–Kier alpha value is -2.21. The number of nitrogens with zero attached hydrogens (tertiary/aromatic N) is 3. The lowest BCUT2D eigenvalue weighted by molar-refractivity contribution is 0.0545. The van der Waals surface area contributed by atoms with Gasteiger partial charge in [0.1, 0.15) is 21.0 Å². The van der Waals surface area contributed by atoms with E-state index in [1.807, 2.05) is 45.0 Å². The van der Waals surface area contributed by atoms with E-state index in [1.165, 1.54) is 15.9 Å². The minimum atomic E-state index is -0.526. The number of ether oxygens (including phenoxy) is 1. The van der Waals surface area contributed by atoms with E-state index in [-0.39, 0.29) is 0 Å². The number of carbonyl (C=O) groups is 1. The molecule has 3 heterocycles. The first kappa shape index (κ1) is 13.8. The maximum atomic E-state index is 12.2. The van der Waals surface area contributed by atoms with Crippen LogP contribution in [0.25, 0.3) is 21.0 Å². The molecule has 0 saturated heterocycles. The van der Waals surface area contributed by atoms with Gasteiger partial charge in [-0.25, -0.2) is 14.3 Å². The Labute approximate surface area is 126 Å². The van der Waals surface area contributed by atoms with Crippen LogP contribution < -0.4 is 0 Å². The Morgan fingerprint density at radius 1 is 1.29 bits per heavy atom. The third-order valence-electron chi connectivity index (χ3n) is 2.71. The average Bonchev–Trinajstić information content (AvgIpc) is 2.96. The fourth-order valence-electron chi connectivity index (χ4n) is 1.87. The molecule has 0 aromatic carbocycles. The van der Waals surface area contributed by atoms with Crippen molar-refractivity contribution < 1.29 is 9.53 Å². The van der Waals surface area contributed by atoms with E-state index in [0.717, 1.165) is 21.0 Å². The third-order valence-corrected chi connectivity index (χ3v) is 3.80. The Kier molecular flexibility index (Phi) is 3.25. The van der Waals surface area contributed by atoms with Gasteiger partial charge in [0.15, 0.2) is 0 Å². The van der Waals surface area contributed by atoms with Crippen molar-refractivity contribution in [2.45, 2.75) is 26.4 Å². The summed E-state index contributed by atoms with van der Waals surface area (Å²) in [5.41, 5.74) is 1.04. The van der Waals surface area contributed by atoms with Crippen LogP contribution in [0, 0.1) is 0 Å². The number of fused-ring (bicyclic) bond motifs is 1. The highest BCUT2D eigenvalue weighted by atomic mass is 32.1. The molecule has 3 aromatic heterocycles. The minimum Gasteiger partial charge on any atom is -0.443 e. The number of aromatic nitrogens is 3. The quantitative estimate of drug-likeness (QED) is 0.683. The first-order chi connectivity index (χ1) is 9.94. The van der Waals surface area contributed by atoms with Gasteiger partial charge in [-0.1, -0.05) is 17.4 Å².